The topological polar surface area (TPSA) is 92.7 Å². The fourth-order valence-electron chi connectivity index (χ4n) is 2.32. The average molecular weight is 388 g/mol. The number of amides is 1. The number of pyridine rings is 2. The molecule has 3 aromatic heterocycles. The third-order valence-electron chi connectivity index (χ3n) is 3.52. The van der Waals surface area contributed by atoms with Gasteiger partial charge in [-0.2, -0.15) is 8.78 Å². The molecule has 0 aliphatic heterocycles. The van der Waals surface area contributed by atoms with Crippen molar-refractivity contribution in [1.29, 1.82) is 0 Å². The number of nitrogens with one attached hydrogen (secondary N) is 2. The van der Waals surface area contributed by atoms with Gasteiger partial charge < -0.3 is 10.6 Å². The second-order valence-electron chi connectivity index (χ2n) is 5.94. The van der Waals surface area contributed by atoms with Gasteiger partial charge >= 0.3 is 5.92 Å². The molecular weight excluding hydrogens is 373 g/mol. The fraction of sp³-hybridized carbons (Fsp3) is 0.167. The van der Waals surface area contributed by atoms with E-state index in [0.717, 1.165) is 6.20 Å². The molecule has 0 radical (unpaired) electrons. The summed E-state index contributed by atoms with van der Waals surface area (Å²) in [6, 6.07) is 5.58. The van der Waals surface area contributed by atoms with E-state index in [0.29, 0.717) is 23.9 Å². The number of alkyl halides is 2. The molecule has 2 N–H and O–H groups in total. The zero-order chi connectivity index (χ0) is 20.3. The lowest BCUT2D eigenvalue weighted by Crippen LogP contribution is -2.13. The van der Waals surface area contributed by atoms with Gasteiger partial charge in [0.25, 0.3) is 0 Å². The van der Waals surface area contributed by atoms with Crippen molar-refractivity contribution in [2.45, 2.75) is 19.8 Å². The first kappa shape index (κ1) is 19.2. The van der Waals surface area contributed by atoms with E-state index >= 15 is 0 Å². The maximum atomic E-state index is 13.5. The number of hydrogen-bond donors (Lipinski definition) is 2. The van der Waals surface area contributed by atoms with Crippen LogP contribution in [0.25, 0.3) is 11.3 Å². The summed E-state index contributed by atoms with van der Waals surface area (Å²) < 4.78 is 40.2. The first-order valence-electron chi connectivity index (χ1n) is 8.10. The number of carbonyl (C=O) groups excluding carboxylic acids is 1. The number of aromatic nitrogens is 4. The molecule has 0 aliphatic carbocycles. The molecule has 10 heteroatoms. The Morgan fingerprint density at radius 1 is 1.07 bits per heavy atom. The minimum Gasteiger partial charge on any atom is -0.339 e. The number of hydrogen-bond acceptors (Lipinski definition) is 6. The van der Waals surface area contributed by atoms with Crippen molar-refractivity contribution in [1.82, 2.24) is 19.9 Å². The van der Waals surface area contributed by atoms with E-state index in [1.54, 1.807) is 0 Å². The molecule has 0 spiro atoms. The van der Waals surface area contributed by atoms with Crippen molar-refractivity contribution < 1.29 is 18.0 Å². The zero-order valence-corrected chi connectivity index (χ0v) is 14.9. The molecule has 0 atom stereocenters. The lowest BCUT2D eigenvalue weighted by molar-refractivity contribution is -0.114. The van der Waals surface area contributed by atoms with E-state index in [9.17, 15) is 18.0 Å². The molecule has 3 heterocycles. The van der Waals surface area contributed by atoms with E-state index < -0.39 is 17.6 Å². The Kier molecular flexibility index (Phi) is 5.21. The Hall–Kier alpha value is -3.56. The number of halogens is 3. The van der Waals surface area contributed by atoms with Crippen molar-refractivity contribution >= 4 is 23.2 Å². The molecule has 3 rings (SSSR count). The van der Waals surface area contributed by atoms with Crippen LogP contribution in [0.15, 0.2) is 42.9 Å². The maximum absolute atomic E-state index is 13.5. The first-order chi connectivity index (χ1) is 13.2. The SMILES string of the molecule is CC(=O)Nc1cc(Nc2ccnc(C(C)(F)F)n2)c(-c2ccc(F)cn2)cn1. The summed E-state index contributed by atoms with van der Waals surface area (Å²) in [5.74, 6) is -4.35. The number of carbonyl (C=O) groups is 1. The molecule has 0 saturated carbocycles. The zero-order valence-electron chi connectivity index (χ0n) is 14.9. The molecule has 0 saturated heterocycles. The fourth-order valence-corrected chi connectivity index (χ4v) is 2.32. The Morgan fingerprint density at radius 2 is 1.86 bits per heavy atom. The van der Waals surface area contributed by atoms with Gasteiger partial charge in [0.05, 0.1) is 17.6 Å². The molecule has 0 aliphatic rings. The van der Waals surface area contributed by atoms with Crippen molar-refractivity contribution in [3.05, 3.63) is 54.5 Å². The van der Waals surface area contributed by atoms with Crippen LogP contribution < -0.4 is 10.6 Å². The van der Waals surface area contributed by atoms with Crippen molar-refractivity contribution in [3.63, 3.8) is 0 Å². The van der Waals surface area contributed by atoms with Gasteiger partial charge in [-0.3, -0.25) is 9.78 Å². The molecule has 1 amide bonds. The molecule has 0 aromatic carbocycles. The Bertz CT molecular complexity index is 1000. The third kappa shape index (κ3) is 4.58. The highest BCUT2D eigenvalue weighted by Crippen LogP contribution is 2.31. The Morgan fingerprint density at radius 3 is 2.50 bits per heavy atom. The summed E-state index contributed by atoms with van der Waals surface area (Å²) in [5.41, 5.74) is 1.22. The van der Waals surface area contributed by atoms with Crippen LogP contribution in [-0.4, -0.2) is 25.8 Å². The lowest BCUT2D eigenvalue weighted by atomic mass is 10.1. The summed E-state index contributed by atoms with van der Waals surface area (Å²) in [6.07, 6.45) is 3.67. The van der Waals surface area contributed by atoms with E-state index in [2.05, 4.69) is 30.6 Å². The van der Waals surface area contributed by atoms with Gasteiger partial charge in [-0.1, -0.05) is 0 Å². The standard InChI is InChI=1S/C18H15F3N6O/c1-10(28)25-16-7-14(12(9-24-16)13-4-3-11(19)8-23-13)26-15-5-6-22-17(27-15)18(2,20)21/h3-9H,1-2H3,(H2,22,24,25,26,27,28). The first-order valence-corrected chi connectivity index (χ1v) is 8.10. The normalized spacial score (nSPS) is 11.2. The summed E-state index contributed by atoms with van der Waals surface area (Å²) in [5, 5.41) is 5.43. The molecule has 0 fully saturated rings. The lowest BCUT2D eigenvalue weighted by Gasteiger charge is -2.14. The Balaban J connectivity index is 2.03. The van der Waals surface area contributed by atoms with Crippen LogP contribution in [-0.2, 0) is 10.7 Å². The predicted molar refractivity (Wildman–Crippen MR) is 96.6 cm³/mol. The third-order valence-corrected chi connectivity index (χ3v) is 3.52. The van der Waals surface area contributed by atoms with Crippen LogP contribution in [0.2, 0.25) is 0 Å². The minimum absolute atomic E-state index is 0.106. The summed E-state index contributed by atoms with van der Waals surface area (Å²) >= 11 is 0. The van der Waals surface area contributed by atoms with Gasteiger partial charge in [-0.25, -0.2) is 19.3 Å². The monoisotopic (exact) mass is 388 g/mol. The minimum atomic E-state index is -3.21. The smallest absolute Gasteiger partial charge is 0.303 e. The van der Waals surface area contributed by atoms with Gasteiger partial charge in [0.2, 0.25) is 11.7 Å². The van der Waals surface area contributed by atoms with E-state index in [4.69, 9.17) is 0 Å². The highest BCUT2D eigenvalue weighted by atomic mass is 19.3. The van der Waals surface area contributed by atoms with Crippen LogP contribution in [0.5, 0.6) is 0 Å². The van der Waals surface area contributed by atoms with Crippen LogP contribution in [0.1, 0.15) is 19.7 Å². The molecule has 7 nitrogen and oxygen atoms in total. The largest absolute Gasteiger partial charge is 0.339 e. The van der Waals surface area contributed by atoms with Crippen molar-refractivity contribution in [2.75, 3.05) is 10.6 Å². The highest BCUT2D eigenvalue weighted by molar-refractivity contribution is 5.89. The van der Waals surface area contributed by atoms with E-state index in [-0.39, 0.29) is 17.5 Å². The van der Waals surface area contributed by atoms with Crippen LogP contribution >= 0.6 is 0 Å². The number of rotatable bonds is 5. The quantitative estimate of drug-likeness (QED) is 0.689. The molecule has 0 bridgehead atoms. The number of nitrogens with zero attached hydrogens (tertiary/aromatic N) is 4. The molecule has 0 unspecified atom stereocenters. The van der Waals surface area contributed by atoms with Gasteiger partial charge in [0.15, 0.2) is 0 Å². The molecular formula is C18H15F3N6O. The summed E-state index contributed by atoms with van der Waals surface area (Å²) in [6.45, 7) is 2.02. The molecule has 3 aromatic rings. The van der Waals surface area contributed by atoms with Crippen molar-refractivity contribution in [2.24, 2.45) is 0 Å². The highest BCUT2D eigenvalue weighted by Gasteiger charge is 2.28. The van der Waals surface area contributed by atoms with Gasteiger partial charge in [-0.05, 0) is 18.2 Å². The van der Waals surface area contributed by atoms with E-state index in [1.165, 1.54) is 43.6 Å². The average Bonchev–Trinajstić information content (AvgIpc) is 2.62. The van der Waals surface area contributed by atoms with Gasteiger partial charge in [0.1, 0.15) is 17.5 Å². The predicted octanol–water partition coefficient (Wildman–Crippen LogP) is 3.89. The summed E-state index contributed by atoms with van der Waals surface area (Å²) in [7, 11) is 0. The molecule has 144 valence electrons. The van der Waals surface area contributed by atoms with Crippen LogP contribution in [0.4, 0.5) is 30.5 Å². The second-order valence-corrected chi connectivity index (χ2v) is 5.94. The van der Waals surface area contributed by atoms with Crippen LogP contribution in [0.3, 0.4) is 0 Å². The van der Waals surface area contributed by atoms with Crippen LogP contribution in [0, 0.1) is 5.82 Å². The second kappa shape index (κ2) is 7.59. The maximum Gasteiger partial charge on any atom is 0.303 e. The summed E-state index contributed by atoms with van der Waals surface area (Å²) in [4.78, 5) is 26.8. The van der Waals surface area contributed by atoms with Gasteiger partial charge in [-0.15, -0.1) is 0 Å². The number of anilines is 3. The van der Waals surface area contributed by atoms with E-state index in [1.807, 2.05) is 0 Å². The van der Waals surface area contributed by atoms with Crippen molar-refractivity contribution in [3.8, 4) is 11.3 Å². The molecule has 28 heavy (non-hydrogen) atoms. The Labute approximate surface area is 158 Å². The van der Waals surface area contributed by atoms with Gasteiger partial charge in [0, 0.05) is 37.9 Å².